The molecule has 0 saturated carbocycles. The number of nitrogens with zero attached hydrogens (tertiary/aromatic N) is 1. The molecule has 0 bridgehead atoms. The summed E-state index contributed by atoms with van der Waals surface area (Å²) in [6.45, 7) is 0. The minimum absolute atomic E-state index is 0.0561. The number of hydrogen-bond donors (Lipinski definition) is 1. The lowest BCUT2D eigenvalue weighted by Crippen LogP contribution is -2.24. The Labute approximate surface area is 121 Å². The molecule has 1 spiro atoms. The summed E-state index contributed by atoms with van der Waals surface area (Å²) < 4.78 is 0. The first-order chi connectivity index (χ1) is 9.72. The summed E-state index contributed by atoms with van der Waals surface area (Å²) >= 11 is 1.50. The van der Waals surface area contributed by atoms with Crippen molar-refractivity contribution < 1.29 is 0 Å². The molecule has 0 amide bonds. The van der Waals surface area contributed by atoms with Gasteiger partial charge in [-0.15, -0.1) is 0 Å². The fraction of sp³-hybridized carbons (Fsp3) is 0.375. The van der Waals surface area contributed by atoms with Crippen LogP contribution in [0.25, 0.3) is 0 Å². The summed E-state index contributed by atoms with van der Waals surface area (Å²) in [5.41, 5.74) is 4.97. The van der Waals surface area contributed by atoms with Crippen molar-refractivity contribution >= 4 is 11.8 Å². The average molecular weight is 284 g/mol. The van der Waals surface area contributed by atoms with E-state index in [1.807, 2.05) is 6.26 Å². The number of benzene rings is 1. The van der Waals surface area contributed by atoms with Crippen molar-refractivity contribution in [2.75, 3.05) is 6.26 Å². The standard InChI is InChI=1S/C16H16N2OS/c1-20-15-17-13-9-16(8-11(13)14(19)18-15)7-6-10-4-2-3-5-12(10)16/h2-5H,6-9H2,1H3,(H,17,18,19). The predicted octanol–water partition coefficient (Wildman–Crippen LogP) is 2.47. The third-order valence-corrected chi connectivity index (χ3v) is 5.34. The van der Waals surface area contributed by atoms with Crippen molar-refractivity contribution in [1.82, 2.24) is 9.97 Å². The van der Waals surface area contributed by atoms with Gasteiger partial charge in [-0.05, 0) is 36.6 Å². The number of aromatic amines is 1. The van der Waals surface area contributed by atoms with Gasteiger partial charge in [0.1, 0.15) is 0 Å². The monoisotopic (exact) mass is 284 g/mol. The van der Waals surface area contributed by atoms with Crippen LogP contribution in [0.2, 0.25) is 0 Å². The number of fused-ring (bicyclic) bond motifs is 3. The average Bonchev–Trinajstić information content (AvgIpc) is 3.02. The Morgan fingerprint density at radius 3 is 3.00 bits per heavy atom. The van der Waals surface area contributed by atoms with E-state index in [0.717, 1.165) is 42.1 Å². The predicted molar refractivity (Wildman–Crippen MR) is 80.5 cm³/mol. The van der Waals surface area contributed by atoms with Gasteiger partial charge in [0.15, 0.2) is 5.16 Å². The van der Waals surface area contributed by atoms with Crippen LogP contribution in [0.1, 0.15) is 28.8 Å². The molecule has 1 aromatic carbocycles. The number of nitrogens with one attached hydrogen (secondary N) is 1. The highest BCUT2D eigenvalue weighted by Gasteiger charge is 2.45. The lowest BCUT2D eigenvalue weighted by Gasteiger charge is -2.23. The van der Waals surface area contributed by atoms with Gasteiger partial charge in [0.25, 0.3) is 5.56 Å². The second kappa shape index (κ2) is 4.22. The highest BCUT2D eigenvalue weighted by Crippen LogP contribution is 2.47. The second-order valence-corrected chi connectivity index (χ2v) is 6.59. The minimum Gasteiger partial charge on any atom is -0.301 e. The van der Waals surface area contributed by atoms with E-state index in [1.54, 1.807) is 0 Å². The van der Waals surface area contributed by atoms with Gasteiger partial charge >= 0.3 is 0 Å². The smallest absolute Gasteiger partial charge is 0.255 e. The van der Waals surface area contributed by atoms with Gasteiger partial charge in [-0.2, -0.15) is 0 Å². The first-order valence-electron chi connectivity index (χ1n) is 6.96. The maximum atomic E-state index is 12.2. The molecule has 102 valence electrons. The molecule has 0 fully saturated rings. The Morgan fingerprint density at radius 2 is 2.15 bits per heavy atom. The summed E-state index contributed by atoms with van der Waals surface area (Å²) in [5, 5.41) is 0.733. The number of rotatable bonds is 1. The summed E-state index contributed by atoms with van der Waals surface area (Å²) in [6, 6.07) is 8.67. The van der Waals surface area contributed by atoms with Crippen LogP contribution in [0.4, 0.5) is 0 Å². The Morgan fingerprint density at radius 1 is 1.30 bits per heavy atom. The van der Waals surface area contributed by atoms with E-state index in [-0.39, 0.29) is 11.0 Å². The van der Waals surface area contributed by atoms with Crippen molar-refractivity contribution in [3.63, 3.8) is 0 Å². The van der Waals surface area contributed by atoms with Crippen LogP contribution in [0.15, 0.2) is 34.2 Å². The molecule has 1 heterocycles. The van der Waals surface area contributed by atoms with Crippen molar-refractivity contribution in [3.05, 3.63) is 57.0 Å². The molecule has 2 aliphatic rings. The molecule has 2 aliphatic carbocycles. The van der Waals surface area contributed by atoms with Crippen LogP contribution in [-0.4, -0.2) is 16.2 Å². The summed E-state index contributed by atoms with van der Waals surface area (Å²) in [7, 11) is 0. The van der Waals surface area contributed by atoms with Gasteiger partial charge in [-0.25, -0.2) is 4.98 Å². The van der Waals surface area contributed by atoms with Crippen LogP contribution < -0.4 is 5.56 Å². The molecular formula is C16H16N2OS. The number of hydrogen-bond acceptors (Lipinski definition) is 3. The Kier molecular flexibility index (Phi) is 2.58. The third kappa shape index (κ3) is 1.61. The van der Waals surface area contributed by atoms with Crippen molar-refractivity contribution in [3.8, 4) is 0 Å². The van der Waals surface area contributed by atoms with E-state index in [1.165, 1.54) is 22.9 Å². The summed E-state index contributed by atoms with van der Waals surface area (Å²) in [6.07, 6.45) is 5.96. The van der Waals surface area contributed by atoms with Crippen LogP contribution in [0.3, 0.4) is 0 Å². The third-order valence-electron chi connectivity index (χ3n) is 4.76. The summed E-state index contributed by atoms with van der Waals surface area (Å²) in [4.78, 5) is 19.7. The van der Waals surface area contributed by atoms with E-state index in [4.69, 9.17) is 0 Å². The van der Waals surface area contributed by atoms with Gasteiger partial charge in [0.2, 0.25) is 0 Å². The molecule has 20 heavy (non-hydrogen) atoms. The number of aryl methyl sites for hydroxylation is 1. The summed E-state index contributed by atoms with van der Waals surface area (Å²) in [5.74, 6) is 0. The molecule has 3 nitrogen and oxygen atoms in total. The zero-order chi connectivity index (χ0) is 13.7. The topological polar surface area (TPSA) is 45.8 Å². The number of thioether (sulfide) groups is 1. The SMILES string of the molecule is CSc1nc2c(c(=O)[nH]1)CC1(CCc3ccccc31)C2. The van der Waals surface area contributed by atoms with Crippen molar-refractivity contribution in [1.29, 1.82) is 0 Å². The molecule has 0 aliphatic heterocycles. The quantitative estimate of drug-likeness (QED) is 0.646. The van der Waals surface area contributed by atoms with Gasteiger partial charge < -0.3 is 4.98 Å². The fourth-order valence-corrected chi connectivity index (χ4v) is 4.20. The molecule has 1 aromatic heterocycles. The largest absolute Gasteiger partial charge is 0.301 e. The molecule has 4 heteroatoms. The first kappa shape index (κ1) is 12.2. The molecular weight excluding hydrogens is 268 g/mol. The normalized spacial score (nSPS) is 23.1. The second-order valence-electron chi connectivity index (χ2n) is 5.79. The minimum atomic E-state index is 0.0561. The van der Waals surface area contributed by atoms with Crippen LogP contribution in [0, 0.1) is 0 Å². The van der Waals surface area contributed by atoms with E-state index in [0.29, 0.717) is 0 Å². The van der Waals surface area contributed by atoms with Gasteiger partial charge in [0, 0.05) is 17.4 Å². The van der Waals surface area contributed by atoms with Crippen molar-refractivity contribution in [2.45, 2.75) is 36.3 Å². The van der Waals surface area contributed by atoms with E-state index >= 15 is 0 Å². The maximum Gasteiger partial charge on any atom is 0.255 e. The number of aromatic nitrogens is 2. The molecule has 1 atom stereocenters. The molecule has 4 rings (SSSR count). The van der Waals surface area contributed by atoms with Crippen LogP contribution in [0.5, 0.6) is 0 Å². The Hall–Kier alpha value is -1.55. The van der Waals surface area contributed by atoms with E-state index in [2.05, 4.69) is 34.2 Å². The zero-order valence-corrected chi connectivity index (χ0v) is 12.2. The van der Waals surface area contributed by atoms with Crippen LogP contribution >= 0.6 is 11.8 Å². The van der Waals surface area contributed by atoms with Crippen molar-refractivity contribution in [2.24, 2.45) is 0 Å². The van der Waals surface area contributed by atoms with Crippen LogP contribution in [-0.2, 0) is 24.7 Å². The van der Waals surface area contributed by atoms with Gasteiger partial charge in [-0.3, -0.25) is 4.79 Å². The lowest BCUT2D eigenvalue weighted by molar-refractivity contribution is 0.446. The van der Waals surface area contributed by atoms with E-state index in [9.17, 15) is 4.79 Å². The molecule has 0 saturated heterocycles. The highest BCUT2D eigenvalue weighted by atomic mass is 32.2. The molecule has 0 radical (unpaired) electrons. The number of H-pyrrole nitrogens is 1. The molecule has 2 aromatic rings. The Bertz CT molecular complexity index is 752. The fourth-order valence-electron chi connectivity index (χ4n) is 3.80. The highest BCUT2D eigenvalue weighted by molar-refractivity contribution is 7.98. The maximum absolute atomic E-state index is 12.2. The zero-order valence-electron chi connectivity index (χ0n) is 11.4. The first-order valence-corrected chi connectivity index (χ1v) is 8.19. The van der Waals surface area contributed by atoms with Gasteiger partial charge in [-0.1, -0.05) is 36.0 Å². The lowest BCUT2D eigenvalue weighted by atomic mass is 9.79. The van der Waals surface area contributed by atoms with Gasteiger partial charge in [0.05, 0.1) is 5.69 Å². The Balaban J connectivity index is 1.83. The molecule has 1 unspecified atom stereocenters. The molecule has 1 N–H and O–H groups in total. The van der Waals surface area contributed by atoms with E-state index < -0.39 is 0 Å².